The van der Waals surface area contributed by atoms with E-state index in [4.69, 9.17) is 9.15 Å². The zero-order chi connectivity index (χ0) is 19.5. The van der Waals surface area contributed by atoms with Gasteiger partial charge in [-0.15, -0.1) is 11.3 Å². The maximum Gasteiger partial charge on any atom is 0.424 e. The number of aliphatic hydroxyl groups is 1. The van der Waals surface area contributed by atoms with Crippen molar-refractivity contribution in [2.75, 3.05) is 18.0 Å². The lowest BCUT2D eigenvalue weighted by Crippen LogP contribution is -2.67. The number of nitrogens with one attached hydrogen (secondary N) is 1. The fourth-order valence-corrected chi connectivity index (χ4v) is 4.19. The molecule has 28 heavy (non-hydrogen) atoms. The number of anilines is 1. The molecule has 6 rings (SSSR count). The molecule has 10 heteroatoms. The molecular weight excluding hydrogens is 390 g/mol. The highest BCUT2D eigenvalue weighted by molar-refractivity contribution is 7.07. The van der Waals surface area contributed by atoms with Crippen molar-refractivity contribution in [3.8, 4) is 17.0 Å². The van der Waals surface area contributed by atoms with Crippen LogP contribution in [-0.4, -0.2) is 52.5 Å². The third-order valence-corrected chi connectivity index (χ3v) is 5.71. The molecule has 3 atom stereocenters. The van der Waals surface area contributed by atoms with E-state index in [1.807, 2.05) is 10.3 Å². The Balaban J connectivity index is 1.60. The van der Waals surface area contributed by atoms with Gasteiger partial charge in [-0.3, -0.25) is 0 Å². The van der Waals surface area contributed by atoms with Gasteiger partial charge in [0.15, 0.2) is 23.0 Å². The Morgan fingerprint density at radius 1 is 1.39 bits per heavy atom. The van der Waals surface area contributed by atoms with Crippen LogP contribution in [0.4, 0.5) is 14.8 Å². The van der Waals surface area contributed by atoms with Crippen LogP contribution in [0.3, 0.4) is 0 Å². The predicted octanol–water partition coefficient (Wildman–Crippen LogP) is 2.85. The first-order valence-corrected chi connectivity index (χ1v) is 9.93. The second-order valence-electron chi connectivity index (χ2n) is 7.20. The van der Waals surface area contributed by atoms with Crippen molar-refractivity contribution in [2.24, 2.45) is 0 Å². The van der Waals surface area contributed by atoms with Crippen molar-refractivity contribution in [3.63, 3.8) is 0 Å². The van der Waals surface area contributed by atoms with Crippen molar-refractivity contribution >= 4 is 28.5 Å². The summed E-state index contributed by atoms with van der Waals surface area (Å²) in [5.41, 5.74) is 3.55. The molecular formula is C18H18F2N4O3S. The average molecular weight is 408 g/mol. The first kappa shape index (κ1) is 17.8. The molecule has 0 saturated carbocycles. The van der Waals surface area contributed by atoms with E-state index >= 15 is 0 Å². The minimum Gasteiger partial charge on any atom is -0.428 e. The maximum atomic E-state index is 14.0. The Kier molecular flexibility index (Phi) is 4.04. The summed E-state index contributed by atoms with van der Waals surface area (Å²) in [6.07, 6.45) is -4.59. The second kappa shape index (κ2) is 6.36. The van der Waals surface area contributed by atoms with E-state index in [-0.39, 0.29) is 11.3 Å². The molecule has 2 bridgehead atoms. The lowest BCUT2D eigenvalue weighted by atomic mass is 9.92. The highest BCUT2D eigenvalue weighted by Crippen LogP contribution is 2.39. The normalized spacial score (nSPS) is 22.9. The number of fused-ring (bicyclic) bond motifs is 3. The van der Waals surface area contributed by atoms with Crippen LogP contribution >= 0.6 is 11.3 Å². The molecule has 0 spiro atoms. The lowest BCUT2D eigenvalue weighted by Gasteiger charge is -2.47. The maximum absolute atomic E-state index is 14.0. The van der Waals surface area contributed by atoms with Crippen molar-refractivity contribution in [3.05, 3.63) is 23.0 Å². The molecule has 0 radical (unpaired) electrons. The number of hydrogen-bond acceptors (Lipinski definition) is 8. The van der Waals surface area contributed by atoms with E-state index in [1.54, 1.807) is 11.6 Å². The summed E-state index contributed by atoms with van der Waals surface area (Å²) >= 11 is 1.43. The first-order valence-electron chi connectivity index (χ1n) is 8.98. The van der Waals surface area contributed by atoms with Gasteiger partial charge in [-0.1, -0.05) is 0 Å². The Labute approximate surface area is 163 Å². The van der Waals surface area contributed by atoms with Crippen LogP contribution in [-0.2, 0) is 0 Å². The molecule has 1 aromatic carbocycles. The van der Waals surface area contributed by atoms with Crippen LogP contribution in [0.5, 0.6) is 5.75 Å². The molecule has 3 saturated heterocycles. The third kappa shape index (κ3) is 2.92. The van der Waals surface area contributed by atoms with Crippen molar-refractivity contribution < 1.29 is 23.0 Å². The summed E-state index contributed by atoms with van der Waals surface area (Å²) in [6.45, 7) is 2.47. The highest BCUT2D eigenvalue weighted by atomic mass is 32.1. The fraction of sp³-hybridized carbons (Fsp3) is 0.444. The summed E-state index contributed by atoms with van der Waals surface area (Å²) in [6, 6.07) is 4.19. The van der Waals surface area contributed by atoms with Crippen LogP contribution in [0.25, 0.3) is 22.4 Å². The number of nitrogens with zero attached hydrogens (tertiary/aromatic N) is 3. The Morgan fingerprint density at radius 3 is 2.79 bits per heavy atom. The number of thiazole rings is 1. The summed E-state index contributed by atoms with van der Waals surface area (Å²) in [5.74, 6) is -0.143. The van der Waals surface area contributed by atoms with E-state index in [2.05, 4.69) is 15.3 Å². The molecule has 2 aromatic heterocycles. The van der Waals surface area contributed by atoms with Crippen molar-refractivity contribution in [1.29, 1.82) is 0 Å². The van der Waals surface area contributed by atoms with Gasteiger partial charge in [-0.05, 0) is 25.5 Å². The van der Waals surface area contributed by atoms with E-state index in [1.165, 1.54) is 17.4 Å². The van der Waals surface area contributed by atoms with Crippen LogP contribution in [0.15, 0.2) is 27.4 Å². The highest BCUT2D eigenvalue weighted by Gasteiger charge is 2.40. The van der Waals surface area contributed by atoms with E-state index < -0.39 is 12.2 Å². The van der Waals surface area contributed by atoms with Gasteiger partial charge in [0.1, 0.15) is 0 Å². The van der Waals surface area contributed by atoms with Gasteiger partial charge in [-0.2, -0.15) is 13.8 Å². The topological polar surface area (TPSA) is 83.7 Å². The quantitative estimate of drug-likeness (QED) is 0.672. The van der Waals surface area contributed by atoms with Gasteiger partial charge in [0.05, 0.1) is 11.2 Å². The number of piperidine rings is 1. The molecule has 3 aromatic rings. The molecule has 2 N–H and O–H groups in total. The van der Waals surface area contributed by atoms with Crippen LogP contribution < -0.4 is 15.0 Å². The average Bonchev–Trinajstić information content (AvgIpc) is 3.31. The minimum absolute atomic E-state index is 0.143. The van der Waals surface area contributed by atoms with Crippen molar-refractivity contribution in [1.82, 2.24) is 15.3 Å². The second-order valence-corrected chi connectivity index (χ2v) is 7.92. The summed E-state index contributed by atoms with van der Waals surface area (Å²) in [5, 5.41) is 14.6. The van der Waals surface area contributed by atoms with E-state index in [0.29, 0.717) is 34.9 Å². The zero-order valence-corrected chi connectivity index (χ0v) is 15.7. The van der Waals surface area contributed by atoms with Gasteiger partial charge in [-0.25, -0.2) is 4.98 Å². The number of aliphatic hydroxyl groups excluding tert-OH is 1. The largest absolute Gasteiger partial charge is 0.428 e. The molecule has 3 unspecified atom stereocenters. The van der Waals surface area contributed by atoms with E-state index in [9.17, 15) is 13.9 Å². The smallest absolute Gasteiger partial charge is 0.424 e. The monoisotopic (exact) mass is 408 g/mol. The summed E-state index contributed by atoms with van der Waals surface area (Å²) < 4.78 is 38.8. The number of halogens is 2. The fourth-order valence-electron chi connectivity index (χ4n) is 3.64. The number of ether oxygens (including phenoxy) is 1. The molecule has 3 aliphatic heterocycles. The van der Waals surface area contributed by atoms with Gasteiger partial charge >= 0.3 is 6.11 Å². The molecule has 148 valence electrons. The molecule has 3 fully saturated rings. The minimum atomic E-state index is -3.75. The number of piperazine rings is 1. The number of rotatable bonds is 5. The number of aromatic nitrogens is 2. The molecule has 5 heterocycles. The number of benzene rings is 1. The number of hydrogen-bond donors (Lipinski definition) is 2. The molecule has 7 nitrogen and oxygen atoms in total. The first-order chi connectivity index (χ1) is 13.4. The molecule has 0 aliphatic carbocycles. The number of alkyl halides is 2. The van der Waals surface area contributed by atoms with Crippen LogP contribution in [0, 0.1) is 0 Å². The summed E-state index contributed by atoms with van der Waals surface area (Å²) in [4.78, 5) is 10.8. The Morgan fingerprint density at radius 2 is 2.14 bits per heavy atom. The molecule has 0 amide bonds. The van der Waals surface area contributed by atoms with Crippen LogP contribution in [0.2, 0.25) is 0 Å². The predicted molar refractivity (Wildman–Crippen MR) is 99.9 cm³/mol. The SMILES string of the molecule is CC(O)C(F)(F)Oc1ccc(-c2cscn2)c2oc(N3CC4CC(C3)N4)nc12. The lowest BCUT2D eigenvalue weighted by molar-refractivity contribution is -0.233. The van der Waals surface area contributed by atoms with Crippen LogP contribution in [0.1, 0.15) is 13.3 Å². The van der Waals surface area contributed by atoms with Crippen molar-refractivity contribution in [2.45, 2.75) is 37.6 Å². The van der Waals surface area contributed by atoms with E-state index in [0.717, 1.165) is 26.4 Å². The van der Waals surface area contributed by atoms with Gasteiger partial charge < -0.3 is 24.5 Å². The standard InChI is InChI=1S/C18H18F2N4O3S/c1-9(25)18(19,20)27-14-3-2-12(13-7-28-8-21-13)16-15(14)23-17(26-16)24-5-10-4-11(6-24)22-10/h2-3,7-11,22,25H,4-6H2,1H3. The summed E-state index contributed by atoms with van der Waals surface area (Å²) in [7, 11) is 0. The Hall–Kier alpha value is -2.30. The molecule has 3 aliphatic rings. The number of oxazole rings is 1. The zero-order valence-electron chi connectivity index (χ0n) is 14.9. The third-order valence-electron chi connectivity index (χ3n) is 5.13. The van der Waals surface area contributed by atoms with Gasteiger partial charge in [0.25, 0.3) is 6.01 Å². The van der Waals surface area contributed by atoms with Gasteiger partial charge in [0.2, 0.25) is 0 Å². The Bertz CT molecular complexity index is 992. The van der Waals surface area contributed by atoms with Gasteiger partial charge in [0, 0.05) is 36.1 Å².